The number of halogens is 1. The first-order chi connectivity index (χ1) is 13.3. The van der Waals surface area contributed by atoms with Gasteiger partial charge in [-0.1, -0.05) is 44.6 Å². The van der Waals surface area contributed by atoms with Crippen LogP contribution in [0.3, 0.4) is 0 Å². The molecule has 2 heteroatoms. The summed E-state index contributed by atoms with van der Waals surface area (Å²) in [7, 11) is 0. The number of fused-ring (bicyclic) bond motifs is 5. The molecule has 1 unspecified atom stereocenters. The van der Waals surface area contributed by atoms with Crippen LogP contribution in [0.4, 0.5) is 4.39 Å². The highest BCUT2D eigenvalue weighted by Crippen LogP contribution is 2.69. The van der Waals surface area contributed by atoms with Gasteiger partial charge >= 0.3 is 0 Å². The van der Waals surface area contributed by atoms with Crippen molar-refractivity contribution in [2.24, 2.45) is 28.6 Å². The lowest BCUT2D eigenvalue weighted by Gasteiger charge is -2.59. The standard InChI is InChI=1S/C26H31FO/c1-24-13-10-20(28)16-18(24)6-9-21-22(24)11-15-26(3)23(21)12-14-25(26,2)17-4-7-19(27)8-5-17/h4-5,7-8,10,13,16,21-23H,6,9,11-12,14-15H2,1-3H3/t21?,22-,23-,24-,25+,26-/m0/s1. The van der Waals surface area contributed by atoms with Crippen LogP contribution < -0.4 is 0 Å². The molecule has 0 radical (unpaired) electrons. The summed E-state index contributed by atoms with van der Waals surface area (Å²) in [5.74, 6) is 2.10. The van der Waals surface area contributed by atoms with E-state index in [1.165, 1.54) is 43.2 Å². The van der Waals surface area contributed by atoms with Crippen LogP contribution in [0, 0.1) is 34.4 Å². The summed E-state index contributed by atoms with van der Waals surface area (Å²) < 4.78 is 13.5. The molecule has 0 heterocycles. The lowest BCUT2D eigenvalue weighted by molar-refractivity contribution is -0.111. The maximum Gasteiger partial charge on any atom is 0.178 e. The second-order valence-electron chi connectivity index (χ2n) is 10.4. The molecule has 1 aromatic rings. The Morgan fingerprint density at radius 3 is 2.43 bits per heavy atom. The molecule has 4 aliphatic carbocycles. The highest BCUT2D eigenvalue weighted by Gasteiger charge is 2.62. The Kier molecular flexibility index (Phi) is 3.87. The average molecular weight is 379 g/mol. The molecule has 0 aromatic heterocycles. The van der Waals surface area contributed by atoms with Crippen LogP contribution in [0.25, 0.3) is 0 Å². The fraction of sp³-hybridized carbons (Fsp3) is 0.577. The van der Waals surface area contributed by atoms with Crippen molar-refractivity contribution >= 4 is 5.78 Å². The molecule has 6 atom stereocenters. The lowest BCUT2D eigenvalue weighted by atomic mass is 9.45. The van der Waals surface area contributed by atoms with Gasteiger partial charge in [0.1, 0.15) is 5.82 Å². The molecule has 4 aliphatic rings. The molecule has 0 spiro atoms. The van der Waals surface area contributed by atoms with E-state index in [1.54, 1.807) is 18.2 Å². The van der Waals surface area contributed by atoms with Gasteiger partial charge in [-0.3, -0.25) is 4.79 Å². The largest absolute Gasteiger partial charge is 0.290 e. The molecule has 3 saturated carbocycles. The number of rotatable bonds is 1. The second kappa shape index (κ2) is 5.90. The Labute approximate surface area is 168 Å². The number of carbonyl (C=O) groups excluding carboxylic acids is 1. The maximum atomic E-state index is 13.5. The molecule has 0 N–H and O–H groups in total. The topological polar surface area (TPSA) is 17.1 Å². The van der Waals surface area contributed by atoms with Gasteiger partial charge in [0.25, 0.3) is 0 Å². The van der Waals surface area contributed by atoms with Crippen LogP contribution in [0.15, 0.2) is 48.1 Å². The minimum Gasteiger partial charge on any atom is -0.290 e. The Morgan fingerprint density at radius 1 is 0.964 bits per heavy atom. The van der Waals surface area contributed by atoms with Crippen molar-refractivity contribution in [3.8, 4) is 0 Å². The number of ketones is 1. The van der Waals surface area contributed by atoms with Gasteiger partial charge in [-0.15, -0.1) is 0 Å². The third kappa shape index (κ3) is 2.27. The van der Waals surface area contributed by atoms with Crippen molar-refractivity contribution in [3.63, 3.8) is 0 Å². The quantitative estimate of drug-likeness (QED) is 0.553. The van der Waals surface area contributed by atoms with E-state index in [2.05, 4.69) is 26.8 Å². The average Bonchev–Trinajstić information content (AvgIpc) is 2.95. The lowest BCUT2D eigenvalue weighted by Crippen LogP contribution is -2.52. The summed E-state index contributed by atoms with van der Waals surface area (Å²) in [6.45, 7) is 7.31. The fourth-order valence-corrected chi connectivity index (χ4v) is 7.76. The van der Waals surface area contributed by atoms with Gasteiger partial charge in [0.15, 0.2) is 5.78 Å². The summed E-state index contributed by atoms with van der Waals surface area (Å²) in [5, 5.41) is 0. The van der Waals surface area contributed by atoms with Crippen LogP contribution >= 0.6 is 0 Å². The first kappa shape index (κ1) is 18.3. The minimum atomic E-state index is -0.145. The Morgan fingerprint density at radius 2 is 1.68 bits per heavy atom. The van der Waals surface area contributed by atoms with E-state index >= 15 is 0 Å². The first-order valence-corrected chi connectivity index (χ1v) is 11.0. The first-order valence-electron chi connectivity index (χ1n) is 11.0. The molecule has 148 valence electrons. The molecule has 0 saturated heterocycles. The van der Waals surface area contributed by atoms with Crippen LogP contribution in [0.2, 0.25) is 0 Å². The Bertz CT molecular complexity index is 880. The summed E-state index contributed by atoms with van der Waals surface area (Å²) in [5.41, 5.74) is 3.11. The van der Waals surface area contributed by atoms with Crippen molar-refractivity contribution < 1.29 is 9.18 Å². The molecule has 5 rings (SSSR count). The molecule has 0 bridgehead atoms. The molecule has 1 aromatic carbocycles. The summed E-state index contributed by atoms with van der Waals surface area (Å²) in [6, 6.07) is 7.30. The SMILES string of the molecule is C[C@]12C=CC(=O)C=C1CCC1[C@@H]2CC[C@@]2(C)[C@H]1CC[C@]2(C)c1ccc(F)cc1. The van der Waals surface area contributed by atoms with Crippen molar-refractivity contribution in [1.29, 1.82) is 0 Å². The van der Waals surface area contributed by atoms with Gasteiger partial charge in [0.2, 0.25) is 0 Å². The number of hydrogen-bond acceptors (Lipinski definition) is 1. The van der Waals surface area contributed by atoms with E-state index in [1.807, 2.05) is 18.2 Å². The number of benzene rings is 1. The maximum absolute atomic E-state index is 13.5. The highest BCUT2D eigenvalue weighted by molar-refractivity contribution is 6.01. The minimum absolute atomic E-state index is 0.0625. The summed E-state index contributed by atoms with van der Waals surface area (Å²) in [6.07, 6.45) is 13.1. The predicted molar refractivity (Wildman–Crippen MR) is 110 cm³/mol. The molecular formula is C26H31FO. The van der Waals surface area contributed by atoms with E-state index in [-0.39, 0.29) is 27.8 Å². The molecular weight excluding hydrogens is 347 g/mol. The molecule has 1 nitrogen and oxygen atoms in total. The van der Waals surface area contributed by atoms with Gasteiger partial charge in [-0.2, -0.15) is 0 Å². The number of hydrogen-bond donors (Lipinski definition) is 0. The summed E-state index contributed by atoms with van der Waals surface area (Å²) in [4.78, 5) is 11.9. The summed E-state index contributed by atoms with van der Waals surface area (Å²) >= 11 is 0. The second-order valence-corrected chi connectivity index (χ2v) is 10.4. The van der Waals surface area contributed by atoms with E-state index in [0.29, 0.717) is 11.8 Å². The zero-order valence-corrected chi connectivity index (χ0v) is 17.3. The van der Waals surface area contributed by atoms with Crippen LogP contribution in [-0.2, 0) is 10.2 Å². The fourth-order valence-electron chi connectivity index (χ4n) is 7.76. The number of allylic oxidation sites excluding steroid dienone is 4. The van der Waals surface area contributed by atoms with Gasteiger partial charge in [0, 0.05) is 5.41 Å². The van der Waals surface area contributed by atoms with E-state index in [0.717, 1.165) is 12.3 Å². The van der Waals surface area contributed by atoms with Gasteiger partial charge in [0.05, 0.1) is 0 Å². The molecule has 0 amide bonds. The third-order valence-electron chi connectivity index (χ3n) is 9.64. The molecule has 3 fully saturated rings. The van der Waals surface area contributed by atoms with E-state index in [9.17, 15) is 9.18 Å². The van der Waals surface area contributed by atoms with Crippen LogP contribution in [0.1, 0.15) is 64.9 Å². The molecule has 0 aliphatic heterocycles. The zero-order valence-electron chi connectivity index (χ0n) is 17.3. The van der Waals surface area contributed by atoms with Crippen LogP contribution in [0.5, 0.6) is 0 Å². The smallest absolute Gasteiger partial charge is 0.178 e. The van der Waals surface area contributed by atoms with E-state index in [4.69, 9.17) is 0 Å². The van der Waals surface area contributed by atoms with Gasteiger partial charge < -0.3 is 0 Å². The third-order valence-corrected chi connectivity index (χ3v) is 9.64. The Hall–Kier alpha value is -1.70. The molecule has 28 heavy (non-hydrogen) atoms. The number of carbonyl (C=O) groups is 1. The van der Waals surface area contributed by atoms with Gasteiger partial charge in [-0.05, 0) is 97.0 Å². The monoisotopic (exact) mass is 378 g/mol. The van der Waals surface area contributed by atoms with Crippen LogP contribution in [-0.4, -0.2) is 5.78 Å². The predicted octanol–water partition coefficient (Wildman–Crippen LogP) is 6.39. The zero-order chi connectivity index (χ0) is 19.7. The normalized spacial score (nSPS) is 44.5. The van der Waals surface area contributed by atoms with Gasteiger partial charge in [-0.25, -0.2) is 4.39 Å². The van der Waals surface area contributed by atoms with Crippen molar-refractivity contribution in [2.75, 3.05) is 0 Å². The Balaban J connectivity index is 1.51. The van der Waals surface area contributed by atoms with Crippen molar-refractivity contribution in [3.05, 3.63) is 59.4 Å². The highest BCUT2D eigenvalue weighted by atomic mass is 19.1. The van der Waals surface area contributed by atoms with Crippen molar-refractivity contribution in [2.45, 2.75) is 64.7 Å². The van der Waals surface area contributed by atoms with E-state index < -0.39 is 0 Å². The van der Waals surface area contributed by atoms with Crippen molar-refractivity contribution in [1.82, 2.24) is 0 Å².